The molecule has 1 aromatic carbocycles. The highest BCUT2D eigenvalue weighted by molar-refractivity contribution is 5.95. The third kappa shape index (κ3) is 3.65. The van der Waals surface area contributed by atoms with E-state index in [1.807, 2.05) is 6.92 Å². The summed E-state index contributed by atoms with van der Waals surface area (Å²) >= 11 is 0. The average molecular weight is 294 g/mol. The van der Waals surface area contributed by atoms with Crippen LogP contribution in [-0.4, -0.2) is 56.9 Å². The molecular weight excluding hydrogens is 272 g/mol. The number of rotatable bonds is 4. The number of ether oxygens (including phenoxy) is 3. The molecule has 1 aromatic rings. The number of morpholine rings is 1. The lowest BCUT2D eigenvalue weighted by Crippen LogP contribution is -2.51. The van der Waals surface area contributed by atoms with Crippen molar-refractivity contribution in [2.75, 3.05) is 33.9 Å². The second kappa shape index (κ2) is 6.78. The fourth-order valence-corrected chi connectivity index (χ4v) is 2.45. The molecule has 0 bridgehead atoms. The molecule has 1 heterocycles. The number of carbonyl (C=O) groups is 1. The first kappa shape index (κ1) is 15.6. The summed E-state index contributed by atoms with van der Waals surface area (Å²) in [5, 5.41) is 0. The first-order valence-corrected chi connectivity index (χ1v) is 6.95. The molecule has 1 amide bonds. The molecule has 1 saturated heterocycles. The molecule has 0 radical (unpaired) electrons. The van der Waals surface area contributed by atoms with Crippen LogP contribution in [0, 0.1) is 0 Å². The normalized spacial score (nSPS) is 22.0. The second-order valence-corrected chi connectivity index (χ2v) is 5.12. The van der Waals surface area contributed by atoms with E-state index in [0.29, 0.717) is 36.7 Å². The van der Waals surface area contributed by atoms with Gasteiger partial charge in [-0.25, -0.2) is 0 Å². The molecule has 2 rings (SSSR count). The summed E-state index contributed by atoms with van der Waals surface area (Å²) in [5.74, 6) is 1.12. The van der Waals surface area contributed by atoms with E-state index in [1.165, 1.54) is 0 Å². The number of carbonyl (C=O) groups excluding carboxylic acids is 1. The third-order valence-corrected chi connectivity index (χ3v) is 3.47. The Morgan fingerprint density at radius 3 is 2.43 bits per heavy atom. The Morgan fingerprint density at radius 1 is 1.29 bits per heavy atom. The van der Waals surface area contributed by atoms with E-state index in [0.717, 1.165) is 0 Å². The quantitative estimate of drug-likeness (QED) is 0.893. The molecule has 0 spiro atoms. The number of benzene rings is 1. The molecule has 1 aliphatic heterocycles. The van der Waals surface area contributed by atoms with Gasteiger partial charge in [-0.15, -0.1) is 0 Å². The first-order valence-electron chi connectivity index (χ1n) is 6.95. The Balaban J connectivity index is 2.22. The van der Waals surface area contributed by atoms with Crippen molar-refractivity contribution < 1.29 is 19.0 Å². The smallest absolute Gasteiger partial charge is 0.254 e. The van der Waals surface area contributed by atoms with Crippen molar-refractivity contribution in [2.24, 2.45) is 5.73 Å². The van der Waals surface area contributed by atoms with Gasteiger partial charge in [-0.05, 0) is 19.1 Å². The van der Waals surface area contributed by atoms with E-state index in [2.05, 4.69) is 0 Å². The largest absolute Gasteiger partial charge is 0.497 e. The fraction of sp³-hybridized carbons (Fsp3) is 0.533. The molecule has 2 atom stereocenters. The Kier molecular flexibility index (Phi) is 5.03. The number of nitrogens with zero attached hydrogens (tertiary/aromatic N) is 1. The molecule has 0 aromatic heterocycles. The van der Waals surface area contributed by atoms with Crippen molar-refractivity contribution in [1.82, 2.24) is 4.90 Å². The van der Waals surface area contributed by atoms with Crippen molar-refractivity contribution in [3.05, 3.63) is 23.8 Å². The lowest BCUT2D eigenvalue weighted by atomic mass is 10.1. The standard InChI is InChI=1S/C15H22N2O4/c1-10-8-17(9-14(7-16)21-10)15(18)11-4-12(19-2)6-13(5-11)20-3/h4-6,10,14H,7-9,16H2,1-3H3. The van der Waals surface area contributed by atoms with Gasteiger partial charge in [0.2, 0.25) is 0 Å². The number of methoxy groups -OCH3 is 2. The summed E-state index contributed by atoms with van der Waals surface area (Å²) in [7, 11) is 3.12. The number of hydrogen-bond donors (Lipinski definition) is 1. The van der Waals surface area contributed by atoms with Crippen LogP contribution in [0.2, 0.25) is 0 Å². The maximum absolute atomic E-state index is 12.7. The van der Waals surface area contributed by atoms with Gasteiger partial charge in [0.05, 0.1) is 26.4 Å². The van der Waals surface area contributed by atoms with Gasteiger partial charge in [0.25, 0.3) is 5.91 Å². The van der Waals surface area contributed by atoms with Crippen LogP contribution in [0.5, 0.6) is 11.5 Å². The minimum absolute atomic E-state index is 0.0243. The van der Waals surface area contributed by atoms with E-state index in [4.69, 9.17) is 19.9 Å². The van der Waals surface area contributed by atoms with Crippen LogP contribution >= 0.6 is 0 Å². The maximum Gasteiger partial charge on any atom is 0.254 e. The van der Waals surface area contributed by atoms with E-state index in [1.54, 1.807) is 37.3 Å². The predicted octanol–water partition coefficient (Wildman–Crippen LogP) is 0.892. The first-order chi connectivity index (χ1) is 10.1. The van der Waals surface area contributed by atoms with E-state index >= 15 is 0 Å². The molecular formula is C15H22N2O4. The zero-order chi connectivity index (χ0) is 15.4. The Morgan fingerprint density at radius 2 is 1.90 bits per heavy atom. The molecule has 6 nitrogen and oxygen atoms in total. The number of hydrogen-bond acceptors (Lipinski definition) is 5. The monoisotopic (exact) mass is 294 g/mol. The molecule has 21 heavy (non-hydrogen) atoms. The van der Waals surface area contributed by atoms with Crippen LogP contribution in [0.15, 0.2) is 18.2 Å². The fourth-order valence-electron chi connectivity index (χ4n) is 2.45. The van der Waals surface area contributed by atoms with Gasteiger partial charge >= 0.3 is 0 Å². The summed E-state index contributed by atoms with van der Waals surface area (Å²) in [4.78, 5) is 14.4. The Labute approximate surface area is 124 Å². The van der Waals surface area contributed by atoms with E-state index in [9.17, 15) is 4.79 Å². The molecule has 1 aliphatic rings. The number of amides is 1. The topological polar surface area (TPSA) is 74.0 Å². The number of nitrogens with two attached hydrogens (primary N) is 1. The van der Waals surface area contributed by atoms with Gasteiger partial charge in [0.15, 0.2) is 0 Å². The van der Waals surface area contributed by atoms with Crippen molar-refractivity contribution in [1.29, 1.82) is 0 Å². The van der Waals surface area contributed by atoms with Gasteiger partial charge in [-0.1, -0.05) is 0 Å². The molecule has 0 aliphatic carbocycles. The highest BCUT2D eigenvalue weighted by Crippen LogP contribution is 2.24. The molecule has 1 fully saturated rings. The lowest BCUT2D eigenvalue weighted by Gasteiger charge is -2.36. The highest BCUT2D eigenvalue weighted by Gasteiger charge is 2.28. The summed E-state index contributed by atoms with van der Waals surface area (Å²) in [5.41, 5.74) is 6.19. The van der Waals surface area contributed by atoms with Gasteiger partial charge in [0.1, 0.15) is 11.5 Å². The van der Waals surface area contributed by atoms with Crippen LogP contribution in [0.4, 0.5) is 0 Å². The van der Waals surface area contributed by atoms with Crippen LogP contribution in [-0.2, 0) is 4.74 Å². The van der Waals surface area contributed by atoms with Gasteiger partial charge < -0.3 is 24.8 Å². The maximum atomic E-state index is 12.7. The van der Waals surface area contributed by atoms with Crippen molar-refractivity contribution in [2.45, 2.75) is 19.1 Å². The Bertz CT molecular complexity index is 484. The van der Waals surface area contributed by atoms with Gasteiger partial charge in [-0.3, -0.25) is 4.79 Å². The zero-order valence-corrected chi connectivity index (χ0v) is 12.7. The summed E-state index contributed by atoms with van der Waals surface area (Å²) in [6, 6.07) is 5.16. The molecule has 116 valence electrons. The van der Waals surface area contributed by atoms with Crippen molar-refractivity contribution in [3.63, 3.8) is 0 Å². The average Bonchev–Trinajstić information content (AvgIpc) is 2.52. The summed E-state index contributed by atoms with van der Waals surface area (Å²) in [6.45, 7) is 3.39. The molecule has 2 unspecified atom stereocenters. The second-order valence-electron chi connectivity index (χ2n) is 5.12. The highest BCUT2D eigenvalue weighted by atomic mass is 16.5. The lowest BCUT2D eigenvalue weighted by molar-refractivity contribution is -0.0625. The van der Waals surface area contributed by atoms with E-state index in [-0.39, 0.29) is 18.1 Å². The van der Waals surface area contributed by atoms with Crippen LogP contribution in [0.3, 0.4) is 0 Å². The SMILES string of the molecule is COc1cc(OC)cc(C(=O)N2CC(C)OC(CN)C2)c1. The summed E-state index contributed by atoms with van der Waals surface area (Å²) in [6.07, 6.45) is -0.144. The van der Waals surface area contributed by atoms with Crippen LogP contribution < -0.4 is 15.2 Å². The van der Waals surface area contributed by atoms with Crippen molar-refractivity contribution >= 4 is 5.91 Å². The molecule has 2 N–H and O–H groups in total. The van der Waals surface area contributed by atoms with Crippen molar-refractivity contribution in [3.8, 4) is 11.5 Å². The van der Waals surface area contributed by atoms with Gasteiger partial charge in [0, 0.05) is 31.3 Å². The predicted molar refractivity (Wildman–Crippen MR) is 78.8 cm³/mol. The molecule has 6 heteroatoms. The molecule has 0 saturated carbocycles. The zero-order valence-electron chi connectivity index (χ0n) is 12.7. The minimum Gasteiger partial charge on any atom is -0.497 e. The van der Waals surface area contributed by atoms with Crippen LogP contribution in [0.1, 0.15) is 17.3 Å². The summed E-state index contributed by atoms with van der Waals surface area (Å²) < 4.78 is 16.1. The van der Waals surface area contributed by atoms with Gasteiger partial charge in [-0.2, -0.15) is 0 Å². The Hall–Kier alpha value is -1.79. The third-order valence-electron chi connectivity index (χ3n) is 3.47. The van der Waals surface area contributed by atoms with E-state index < -0.39 is 0 Å². The van der Waals surface area contributed by atoms with Crippen LogP contribution in [0.25, 0.3) is 0 Å². The minimum atomic E-state index is -0.120.